The molecule has 0 aliphatic carbocycles. The van der Waals surface area contributed by atoms with Crippen LogP contribution >= 0.6 is 0 Å². The Kier molecular flexibility index (Phi) is 1.40. The smallest absolute Gasteiger partial charge is 0.284 e. The van der Waals surface area contributed by atoms with Crippen molar-refractivity contribution in [1.82, 2.24) is 0 Å². The van der Waals surface area contributed by atoms with Crippen LogP contribution in [0.25, 0.3) is 6.08 Å². The highest BCUT2D eigenvalue weighted by atomic mass is 16.5. The molecule has 0 saturated carbocycles. The summed E-state index contributed by atoms with van der Waals surface area (Å²) in [5, 5.41) is 0. The number of fused-ring (bicyclic) bond motifs is 1. The Morgan fingerprint density at radius 3 is 3.08 bits per heavy atom. The molecule has 1 aromatic heterocycles. The number of primary amides is 1. The number of hydrogen-bond donors (Lipinski definition) is 1. The third-order valence-corrected chi connectivity index (χ3v) is 1.57. The summed E-state index contributed by atoms with van der Waals surface area (Å²) in [6, 6.07) is 1.50. The van der Waals surface area contributed by atoms with Crippen LogP contribution in [-0.2, 0) is 0 Å². The van der Waals surface area contributed by atoms with Crippen LogP contribution in [0.4, 0.5) is 0 Å². The summed E-state index contributed by atoms with van der Waals surface area (Å²) in [5.41, 5.74) is 5.01. The summed E-state index contributed by atoms with van der Waals surface area (Å²) in [5.74, 6) is 0.675. The van der Waals surface area contributed by atoms with Crippen LogP contribution in [0.2, 0.25) is 0 Å². The second kappa shape index (κ2) is 2.41. The van der Waals surface area contributed by atoms with Crippen molar-refractivity contribution in [2.75, 3.05) is 6.61 Å². The lowest BCUT2D eigenvalue weighted by atomic mass is 10.3. The lowest BCUT2D eigenvalue weighted by Gasteiger charge is -2.03. The SMILES string of the molecule is NC(=O)c1cc2c(o1)C=CCO2. The molecular weight excluding hydrogens is 158 g/mol. The maximum atomic E-state index is 10.7. The topological polar surface area (TPSA) is 65.5 Å². The molecule has 0 radical (unpaired) electrons. The third kappa shape index (κ3) is 0.972. The minimum atomic E-state index is -0.582. The average molecular weight is 165 g/mol. The molecule has 2 rings (SSSR count). The van der Waals surface area contributed by atoms with E-state index in [1.165, 1.54) is 6.07 Å². The molecule has 4 nitrogen and oxygen atoms in total. The molecule has 0 atom stereocenters. The van der Waals surface area contributed by atoms with Gasteiger partial charge in [0.2, 0.25) is 0 Å². The van der Waals surface area contributed by atoms with E-state index < -0.39 is 5.91 Å². The molecule has 1 aliphatic rings. The van der Waals surface area contributed by atoms with Gasteiger partial charge in [-0.25, -0.2) is 0 Å². The van der Waals surface area contributed by atoms with Gasteiger partial charge in [0.15, 0.2) is 17.3 Å². The van der Waals surface area contributed by atoms with E-state index in [0.717, 1.165) is 0 Å². The van der Waals surface area contributed by atoms with E-state index in [-0.39, 0.29) is 5.76 Å². The number of amides is 1. The van der Waals surface area contributed by atoms with Crippen LogP contribution in [0.15, 0.2) is 16.6 Å². The predicted octanol–water partition coefficient (Wildman–Crippen LogP) is 0.784. The van der Waals surface area contributed by atoms with Gasteiger partial charge in [-0.3, -0.25) is 4.79 Å². The molecule has 2 N–H and O–H groups in total. The zero-order chi connectivity index (χ0) is 8.55. The molecule has 4 heteroatoms. The first-order valence-electron chi connectivity index (χ1n) is 3.50. The molecular formula is C8H7NO3. The van der Waals surface area contributed by atoms with E-state index in [0.29, 0.717) is 18.1 Å². The van der Waals surface area contributed by atoms with Crippen LogP contribution in [0.3, 0.4) is 0 Å². The fraction of sp³-hybridized carbons (Fsp3) is 0.125. The first-order valence-corrected chi connectivity index (χ1v) is 3.50. The number of carbonyl (C=O) groups is 1. The summed E-state index contributed by atoms with van der Waals surface area (Å²) in [4.78, 5) is 10.7. The monoisotopic (exact) mass is 165 g/mol. The Bertz CT molecular complexity index is 351. The van der Waals surface area contributed by atoms with E-state index in [1.807, 2.05) is 0 Å². The van der Waals surface area contributed by atoms with Gasteiger partial charge >= 0.3 is 0 Å². The van der Waals surface area contributed by atoms with Gasteiger partial charge in [-0.15, -0.1) is 0 Å². The quantitative estimate of drug-likeness (QED) is 0.668. The zero-order valence-corrected chi connectivity index (χ0v) is 6.24. The third-order valence-electron chi connectivity index (χ3n) is 1.57. The second-order valence-corrected chi connectivity index (χ2v) is 2.42. The highest BCUT2D eigenvalue weighted by molar-refractivity contribution is 5.90. The van der Waals surface area contributed by atoms with Crippen molar-refractivity contribution in [3.05, 3.63) is 23.7 Å². The van der Waals surface area contributed by atoms with Crippen molar-refractivity contribution >= 4 is 12.0 Å². The van der Waals surface area contributed by atoms with E-state index in [1.54, 1.807) is 12.2 Å². The average Bonchev–Trinajstić information content (AvgIpc) is 2.46. The van der Waals surface area contributed by atoms with Gasteiger partial charge in [0.25, 0.3) is 5.91 Å². The highest BCUT2D eigenvalue weighted by Crippen LogP contribution is 2.27. The molecule has 0 fully saturated rings. The molecule has 0 spiro atoms. The number of rotatable bonds is 1. The second-order valence-electron chi connectivity index (χ2n) is 2.42. The largest absolute Gasteiger partial charge is 0.485 e. The number of nitrogens with two attached hydrogens (primary N) is 1. The highest BCUT2D eigenvalue weighted by Gasteiger charge is 2.15. The Hall–Kier alpha value is -1.71. The van der Waals surface area contributed by atoms with Crippen molar-refractivity contribution in [3.8, 4) is 5.75 Å². The van der Waals surface area contributed by atoms with Gasteiger partial charge in [-0.1, -0.05) is 0 Å². The van der Waals surface area contributed by atoms with Crippen molar-refractivity contribution in [3.63, 3.8) is 0 Å². The molecule has 2 heterocycles. The Morgan fingerprint density at radius 2 is 2.42 bits per heavy atom. The Morgan fingerprint density at radius 1 is 1.58 bits per heavy atom. The molecule has 62 valence electrons. The van der Waals surface area contributed by atoms with Crippen LogP contribution in [0.5, 0.6) is 5.75 Å². The molecule has 0 aromatic carbocycles. The summed E-state index contributed by atoms with van der Waals surface area (Å²) in [6.45, 7) is 0.505. The minimum Gasteiger partial charge on any atom is -0.485 e. The van der Waals surface area contributed by atoms with Crippen LogP contribution in [0.1, 0.15) is 16.3 Å². The first-order chi connectivity index (χ1) is 5.77. The van der Waals surface area contributed by atoms with Gasteiger partial charge in [0.1, 0.15) is 6.61 Å². The van der Waals surface area contributed by atoms with Gasteiger partial charge in [0.05, 0.1) is 0 Å². The van der Waals surface area contributed by atoms with Crippen molar-refractivity contribution in [2.45, 2.75) is 0 Å². The molecule has 1 aromatic rings. The standard InChI is InChI=1S/C8H7NO3/c9-8(10)7-4-6-5(12-7)2-1-3-11-6/h1-2,4H,3H2,(H2,9,10). The van der Waals surface area contributed by atoms with Gasteiger partial charge < -0.3 is 14.9 Å². The fourth-order valence-corrected chi connectivity index (χ4v) is 1.03. The van der Waals surface area contributed by atoms with Crippen LogP contribution in [0, 0.1) is 0 Å². The predicted molar refractivity (Wildman–Crippen MR) is 41.8 cm³/mol. The maximum absolute atomic E-state index is 10.7. The van der Waals surface area contributed by atoms with Crippen LogP contribution < -0.4 is 10.5 Å². The number of ether oxygens (including phenoxy) is 1. The number of furan rings is 1. The van der Waals surface area contributed by atoms with E-state index in [2.05, 4.69) is 0 Å². The Balaban J connectivity index is 2.46. The van der Waals surface area contributed by atoms with Crippen molar-refractivity contribution < 1.29 is 13.9 Å². The molecule has 12 heavy (non-hydrogen) atoms. The zero-order valence-electron chi connectivity index (χ0n) is 6.24. The van der Waals surface area contributed by atoms with E-state index in [9.17, 15) is 4.79 Å². The minimum absolute atomic E-state index is 0.131. The summed E-state index contributed by atoms with van der Waals surface area (Å²) in [6.07, 6.45) is 3.56. The maximum Gasteiger partial charge on any atom is 0.284 e. The lowest BCUT2D eigenvalue weighted by molar-refractivity contribution is 0.0973. The summed E-state index contributed by atoms with van der Waals surface area (Å²) < 4.78 is 10.2. The van der Waals surface area contributed by atoms with Crippen molar-refractivity contribution in [1.29, 1.82) is 0 Å². The van der Waals surface area contributed by atoms with Gasteiger partial charge in [-0.2, -0.15) is 0 Å². The van der Waals surface area contributed by atoms with E-state index >= 15 is 0 Å². The fourth-order valence-electron chi connectivity index (χ4n) is 1.03. The van der Waals surface area contributed by atoms with E-state index in [4.69, 9.17) is 14.9 Å². The number of carbonyl (C=O) groups excluding carboxylic acids is 1. The normalized spacial score (nSPS) is 13.7. The Labute approximate surface area is 68.6 Å². The lowest BCUT2D eigenvalue weighted by Crippen LogP contribution is -2.09. The molecule has 0 unspecified atom stereocenters. The molecule has 0 bridgehead atoms. The number of hydrogen-bond acceptors (Lipinski definition) is 3. The first kappa shape index (κ1) is 6.97. The summed E-state index contributed by atoms with van der Waals surface area (Å²) in [7, 11) is 0. The molecule has 0 saturated heterocycles. The summed E-state index contributed by atoms with van der Waals surface area (Å²) >= 11 is 0. The van der Waals surface area contributed by atoms with Gasteiger partial charge in [0, 0.05) is 6.07 Å². The molecule has 1 amide bonds. The van der Waals surface area contributed by atoms with Crippen LogP contribution in [-0.4, -0.2) is 12.5 Å². The molecule has 1 aliphatic heterocycles. The van der Waals surface area contributed by atoms with Crippen molar-refractivity contribution in [2.24, 2.45) is 5.73 Å². The van der Waals surface area contributed by atoms with Gasteiger partial charge in [-0.05, 0) is 12.2 Å².